The summed E-state index contributed by atoms with van der Waals surface area (Å²) in [7, 11) is 0. The van der Waals surface area contributed by atoms with Crippen molar-refractivity contribution in [3.05, 3.63) is 35.6 Å². The standard InChI is InChI=1S/C18H24N2O4/c1-2-23-18(22)17-15(14-5-3-4-6-16(14)24-17)13-20-9-7-19(8-10-20)11-12-21/h3-6,21H,2,7-13H2,1H3. The molecule has 1 aliphatic heterocycles. The highest BCUT2D eigenvalue weighted by Crippen LogP contribution is 2.28. The second-order valence-corrected chi connectivity index (χ2v) is 5.97. The summed E-state index contributed by atoms with van der Waals surface area (Å²) in [6.07, 6.45) is 0. The molecule has 1 aliphatic rings. The van der Waals surface area contributed by atoms with Gasteiger partial charge in [-0.15, -0.1) is 0 Å². The third-order valence-electron chi connectivity index (χ3n) is 4.42. The van der Waals surface area contributed by atoms with Crippen LogP contribution in [-0.2, 0) is 11.3 Å². The number of β-amino-alcohol motifs (C(OH)–C–C–N with tert-alkyl or cyclic N) is 1. The van der Waals surface area contributed by atoms with Crippen LogP contribution in [0.1, 0.15) is 23.0 Å². The van der Waals surface area contributed by atoms with Crippen molar-refractivity contribution in [1.82, 2.24) is 9.80 Å². The van der Waals surface area contributed by atoms with E-state index in [1.807, 2.05) is 24.3 Å². The van der Waals surface area contributed by atoms with Crippen LogP contribution in [0.25, 0.3) is 11.0 Å². The maximum atomic E-state index is 12.2. The Labute approximate surface area is 141 Å². The van der Waals surface area contributed by atoms with Gasteiger partial charge in [-0.2, -0.15) is 0 Å². The number of esters is 1. The quantitative estimate of drug-likeness (QED) is 0.813. The van der Waals surface area contributed by atoms with E-state index in [9.17, 15) is 4.79 Å². The number of nitrogens with zero attached hydrogens (tertiary/aromatic N) is 2. The Morgan fingerprint density at radius 1 is 1.21 bits per heavy atom. The lowest BCUT2D eigenvalue weighted by atomic mass is 10.1. The van der Waals surface area contributed by atoms with Crippen LogP contribution in [-0.4, -0.2) is 66.8 Å². The normalized spacial score (nSPS) is 16.6. The lowest BCUT2D eigenvalue weighted by Gasteiger charge is -2.34. The van der Waals surface area contributed by atoms with Gasteiger partial charge in [0.1, 0.15) is 5.58 Å². The summed E-state index contributed by atoms with van der Waals surface area (Å²) in [5.74, 6) is -0.0848. The molecule has 0 aliphatic carbocycles. The first-order valence-corrected chi connectivity index (χ1v) is 8.46. The monoisotopic (exact) mass is 332 g/mol. The molecule has 0 bridgehead atoms. The fourth-order valence-electron chi connectivity index (χ4n) is 3.15. The average Bonchev–Trinajstić information content (AvgIpc) is 2.96. The van der Waals surface area contributed by atoms with Crippen molar-refractivity contribution in [2.45, 2.75) is 13.5 Å². The Kier molecular flexibility index (Phi) is 5.50. The number of fused-ring (bicyclic) bond motifs is 1. The fraction of sp³-hybridized carbons (Fsp3) is 0.500. The third-order valence-corrected chi connectivity index (χ3v) is 4.42. The first-order valence-electron chi connectivity index (χ1n) is 8.46. The second-order valence-electron chi connectivity index (χ2n) is 5.97. The number of ether oxygens (including phenoxy) is 1. The number of hydrogen-bond donors (Lipinski definition) is 1. The van der Waals surface area contributed by atoms with Gasteiger partial charge < -0.3 is 14.3 Å². The molecule has 1 saturated heterocycles. The van der Waals surface area contributed by atoms with E-state index in [1.165, 1.54) is 0 Å². The predicted molar refractivity (Wildman–Crippen MR) is 91.0 cm³/mol. The van der Waals surface area contributed by atoms with Gasteiger partial charge in [0.15, 0.2) is 0 Å². The predicted octanol–water partition coefficient (Wildman–Crippen LogP) is 1.72. The molecular weight excluding hydrogens is 308 g/mol. The van der Waals surface area contributed by atoms with Crippen molar-refractivity contribution in [3.8, 4) is 0 Å². The van der Waals surface area contributed by atoms with E-state index >= 15 is 0 Å². The van der Waals surface area contributed by atoms with Crippen molar-refractivity contribution in [2.75, 3.05) is 45.9 Å². The summed E-state index contributed by atoms with van der Waals surface area (Å²) in [4.78, 5) is 16.8. The second kappa shape index (κ2) is 7.79. The molecule has 0 amide bonds. The lowest BCUT2D eigenvalue weighted by molar-refractivity contribution is 0.0487. The molecule has 0 atom stereocenters. The zero-order valence-electron chi connectivity index (χ0n) is 14.0. The number of aliphatic hydroxyl groups excluding tert-OH is 1. The molecule has 6 nitrogen and oxygen atoms in total. The summed E-state index contributed by atoms with van der Waals surface area (Å²) in [5.41, 5.74) is 1.62. The van der Waals surface area contributed by atoms with Crippen LogP contribution in [0.15, 0.2) is 28.7 Å². The van der Waals surface area contributed by atoms with Crippen molar-refractivity contribution >= 4 is 16.9 Å². The number of para-hydroxylation sites is 1. The Hall–Kier alpha value is -1.89. The van der Waals surface area contributed by atoms with E-state index in [2.05, 4.69) is 9.80 Å². The highest BCUT2D eigenvalue weighted by atomic mass is 16.5. The highest BCUT2D eigenvalue weighted by molar-refractivity contribution is 5.96. The maximum Gasteiger partial charge on any atom is 0.374 e. The molecule has 0 radical (unpaired) electrons. The largest absolute Gasteiger partial charge is 0.460 e. The Morgan fingerprint density at radius 2 is 1.92 bits per heavy atom. The number of hydrogen-bond acceptors (Lipinski definition) is 6. The van der Waals surface area contributed by atoms with Crippen LogP contribution in [0.3, 0.4) is 0 Å². The van der Waals surface area contributed by atoms with Gasteiger partial charge in [0.25, 0.3) is 0 Å². The van der Waals surface area contributed by atoms with Crippen LogP contribution >= 0.6 is 0 Å². The van der Waals surface area contributed by atoms with Gasteiger partial charge in [0, 0.05) is 50.2 Å². The van der Waals surface area contributed by atoms with Gasteiger partial charge >= 0.3 is 5.97 Å². The third kappa shape index (κ3) is 3.61. The number of carbonyl (C=O) groups excluding carboxylic acids is 1. The van der Waals surface area contributed by atoms with Gasteiger partial charge in [0.2, 0.25) is 5.76 Å². The lowest BCUT2D eigenvalue weighted by Crippen LogP contribution is -2.46. The minimum atomic E-state index is -0.400. The van der Waals surface area contributed by atoms with Crippen molar-refractivity contribution < 1.29 is 19.1 Å². The Bertz CT molecular complexity index is 689. The van der Waals surface area contributed by atoms with Gasteiger partial charge in [0.05, 0.1) is 13.2 Å². The maximum absolute atomic E-state index is 12.2. The molecule has 2 heterocycles. The molecule has 2 aromatic rings. The zero-order chi connectivity index (χ0) is 16.9. The summed E-state index contributed by atoms with van der Waals surface area (Å²) in [6, 6.07) is 7.72. The summed E-state index contributed by atoms with van der Waals surface area (Å²) in [5, 5.41) is 10.0. The number of rotatable bonds is 6. The molecule has 6 heteroatoms. The Balaban J connectivity index is 1.80. The molecule has 0 saturated carbocycles. The van der Waals surface area contributed by atoms with Crippen LogP contribution < -0.4 is 0 Å². The first-order chi connectivity index (χ1) is 11.7. The zero-order valence-corrected chi connectivity index (χ0v) is 14.0. The molecule has 1 N–H and O–H groups in total. The van der Waals surface area contributed by atoms with Gasteiger partial charge in [-0.05, 0) is 13.0 Å². The molecule has 1 fully saturated rings. The van der Waals surface area contributed by atoms with Crippen molar-refractivity contribution in [1.29, 1.82) is 0 Å². The molecule has 1 aromatic carbocycles. The van der Waals surface area contributed by atoms with E-state index in [1.54, 1.807) is 6.92 Å². The molecule has 130 valence electrons. The van der Waals surface area contributed by atoms with Crippen LogP contribution in [0.5, 0.6) is 0 Å². The number of piperazine rings is 1. The average molecular weight is 332 g/mol. The first kappa shape index (κ1) is 17.0. The van der Waals surface area contributed by atoms with E-state index in [-0.39, 0.29) is 6.61 Å². The summed E-state index contributed by atoms with van der Waals surface area (Å²) >= 11 is 0. The Morgan fingerprint density at radius 3 is 2.62 bits per heavy atom. The fourth-order valence-corrected chi connectivity index (χ4v) is 3.15. The molecule has 1 aromatic heterocycles. The van der Waals surface area contributed by atoms with Crippen molar-refractivity contribution in [3.63, 3.8) is 0 Å². The van der Waals surface area contributed by atoms with Crippen molar-refractivity contribution in [2.24, 2.45) is 0 Å². The van der Waals surface area contributed by atoms with Gasteiger partial charge in [-0.25, -0.2) is 4.79 Å². The van der Waals surface area contributed by atoms with E-state index in [4.69, 9.17) is 14.3 Å². The molecule has 24 heavy (non-hydrogen) atoms. The minimum Gasteiger partial charge on any atom is -0.460 e. The summed E-state index contributed by atoms with van der Waals surface area (Å²) in [6.45, 7) is 7.35. The van der Waals surface area contributed by atoms with Crippen LogP contribution in [0.4, 0.5) is 0 Å². The molecule has 0 unspecified atom stereocenters. The smallest absolute Gasteiger partial charge is 0.374 e. The van der Waals surface area contributed by atoms with Gasteiger partial charge in [-0.1, -0.05) is 18.2 Å². The molecular formula is C18H24N2O4. The van der Waals surface area contributed by atoms with Gasteiger partial charge in [-0.3, -0.25) is 9.80 Å². The molecule has 3 rings (SSSR count). The van der Waals surface area contributed by atoms with Crippen LogP contribution in [0.2, 0.25) is 0 Å². The summed E-state index contributed by atoms with van der Waals surface area (Å²) < 4.78 is 10.9. The number of carbonyl (C=O) groups is 1. The number of benzene rings is 1. The van der Waals surface area contributed by atoms with E-state index in [0.717, 1.165) is 49.3 Å². The van der Waals surface area contributed by atoms with E-state index in [0.29, 0.717) is 18.9 Å². The van der Waals surface area contributed by atoms with Crippen LogP contribution in [0, 0.1) is 0 Å². The number of aliphatic hydroxyl groups is 1. The highest BCUT2D eigenvalue weighted by Gasteiger charge is 2.25. The molecule has 0 spiro atoms. The minimum absolute atomic E-state index is 0.194. The topological polar surface area (TPSA) is 66.2 Å². The van der Waals surface area contributed by atoms with E-state index < -0.39 is 5.97 Å². The number of furan rings is 1. The SMILES string of the molecule is CCOC(=O)c1oc2ccccc2c1CN1CCN(CCO)CC1.